The zero-order valence-corrected chi connectivity index (χ0v) is 11.1. The van der Waals surface area contributed by atoms with E-state index in [2.05, 4.69) is 31.4 Å². The molecular formula is C14H24N2O. The molecule has 1 rings (SSSR count). The van der Waals surface area contributed by atoms with Gasteiger partial charge in [-0.2, -0.15) is 0 Å². The minimum atomic E-state index is 0.469. The van der Waals surface area contributed by atoms with E-state index in [0.29, 0.717) is 18.7 Å². The SMILES string of the molecule is CC(C)NCC(C)NCCOc1ccccc1. The molecule has 96 valence electrons. The molecule has 0 aliphatic carbocycles. The summed E-state index contributed by atoms with van der Waals surface area (Å²) in [4.78, 5) is 0. The predicted molar refractivity (Wildman–Crippen MR) is 72.5 cm³/mol. The summed E-state index contributed by atoms with van der Waals surface area (Å²) in [5, 5.41) is 6.82. The summed E-state index contributed by atoms with van der Waals surface area (Å²) in [5.74, 6) is 0.933. The summed E-state index contributed by atoms with van der Waals surface area (Å²) in [5.41, 5.74) is 0. The van der Waals surface area contributed by atoms with Gasteiger partial charge < -0.3 is 15.4 Å². The van der Waals surface area contributed by atoms with Crippen molar-refractivity contribution in [3.63, 3.8) is 0 Å². The molecule has 3 heteroatoms. The van der Waals surface area contributed by atoms with E-state index in [4.69, 9.17) is 4.74 Å². The lowest BCUT2D eigenvalue weighted by Crippen LogP contribution is -2.40. The van der Waals surface area contributed by atoms with E-state index in [1.165, 1.54) is 0 Å². The molecule has 0 heterocycles. The van der Waals surface area contributed by atoms with Crippen molar-refractivity contribution in [2.24, 2.45) is 0 Å². The van der Waals surface area contributed by atoms with Crippen LogP contribution in [0.1, 0.15) is 20.8 Å². The van der Waals surface area contributed by atoms with Crippen LogP contribution in [0.25, 0.3) is 0 Å². The number of para-hydroxylation sites is 1. The Balaban J connectivity index is 2.04. The van der Waals surface area contributed by atoms with E-state index in [9.17, 15) is 0 Å². The van der Waals surface area contributed by atoms with E-state index < -0.39 is 0 Å². The molecule has 0 radical (unpaired) electrons. The van der Waals surface area contributed by atoms with Crippen molar-refractivity contribution in [2.45, 2.75) is 32.9 Å². The second kappa shape index (κ2) is 8.09. The Morgan fingerprint density at radius 3 is 2.41 bits per heavy atom. The Morgan fingerprint density at radius 2 is 1.76 bits per heavy atom. The molecule has 0 aliphatic rings. The molecule has 1 aromatic rings. The lowest BCUT2D eigenvalue weighted by atomic mass is 10.3. The highest BCUT2D eigenvalue weighted by molar-refractivity contribution is 5.20. The van der Waals surface area contributed by atoms with Crippen molar-refractivity contribution in [1.82, 2.24) is 10.6 Å². The highest BCUT2D eigenvalue weighted by atomic mass is 16.5. The average Bonchev–Trinajstić information content (AvgIpc) is 2.33. The van der Waals surface area contributed by atoms with Gasteiger partial charge in [0, 0.05) is 25.2 Å². The van der Waals surface area contributed by atoms with E-state index in [1.54, 1.807) is 0 Å². The first-order valence-corrected chi connectivity index (χ1v) is 6.33. The number of rotatable bonds is 8. The molecule has 0 bridgehead atoms. The topological polar surface area (TPSA) is 33.3 Å². The van der Waals surface area contributed by atoms with Gasteiger partial charge >= 0.3 is 0 Å². The number of hydrogen-bond acceptors (Lipinski definition) is 3. The Labute approximate surface area is 105 Å². The maximum Gasteiger partial charge on any atom is 0.119 e. The molecule has 0 aliphatic heterocycles. The number of benzene rings is 1. The largest absolute Gasteiger partial charge is 0.492 e. The summed E-state index contributed by atoms with van der Waals surface area (Å²) < 4.78 is 5.60. The van der Waals surface area contributed by atoms with Crippen molar-refractivity contribution in [1.29, 1.82) is 0 Å². The van der Waals surface area contributed by atoms with E-state index in [-0.39, 0.29) is 0 Å². The molecule has 2 N–H and O–H groups in total. The van der Waals surface area contributed by atoms with Crippen LogP contribution in [-0.4, -0.2) is 31.8 Å². The van der Waals surface area contributed by atoms with Gasteiger partial charge in [-0.05, 0) is 19.1 Å². The van der Waals surface area contributed by atoms with Crippen LogP contribution in [-0.2, 0) is 0 Å². The van der Waals surface area contributed by atoms with Crippen LogP contribution in [0.4, 0.5) is 0 Å². The first-order valence-electron chi connectivity index (χ1n) is 6.33. The van der Waals surface area contributed by atoms with E-state index >= 15 is 0 Å². The van der Waals surface area contributed by atoms with Crippen LogP contribution in [0, 0.1) is 0 Å². The van der Waals surface area contributed by atoms with Crippen LogP contribution in [0.3, 0.4) is 0 Å². The molecule has 1 atom stereocenters. The van der Waals surface area contributed by atoms with Gasteiger partial charge in [-0.15, -0.1) is 0 Å². The standard InChI is InChI=1S/C14H24N2O/c1-12(2)16-11-13(3)15-9-10-17-14-7-5-4-6-8-14/h4-8,12-13,15-16H,9-11H2,1-3H3. The van der Waals surface area contributed by atoms with Gasteiger partial charge in [-0.3, -0.25) is 0 Å². The molecule has 17 heavy (non-hydrogen) atoms. The van der Waals surface area contributed by atoms with Crippen molar-refractivity contribution in [3.05, 3.63) is 30.3 Å². The van der Waals surface area contributed by atoms with Crippen molar-refractivity contribution in [3.8, 4) is 5.75 Å². The van der Waals surface area contributed by atoms with Gasteiger partial charge in [0.15, 0.2) is 0 Å². The quantitative estimate of drug-likeness (QED) is 0.678. The van der Waals surface area contributed by atoms with Crippen molar-refractivity contribution < 1.29 is 4.74 Å². The summed E-state index contributed by atoms with van der Waals surface area (Å²) in [6.45, 7) is 9.06. The summed E-state index contributed by atoms with van der Waals surface area (Å²) in [6, 6.07) is 10.9. The molecule has 3 nitrogen and oxygen atoms in total. The normalized spacial score (nSPS) is 12.7. The van der Waals surface area contributed by atoms with Crippen LogP contribution < -0.4 is 15.4 Å². The van der Waals surface area contributed by atoms with Crippen molar-refractivity contribution >= 4 is 0 Å². The van der Waals surface area contributed by atoms with Crippen LogP contribution in [0.2, 0.25) is 0 Å². The van der Waals surface area contributed by atoms with E-state index in [1.807, 2.05) is 30.3 Å². The van der Waals surface area contributed by atoms with E-state index in [0.717, 1.165) is 18.8 Å². The lowest BCUT2D eigenvalue weighted by molar-refractivity contribution is 0.305. The fraction of sp³-hybridized carbons (Fsp3) is 0.571. The molecule has 0 aromatic heterocycles. The van der Waals surface area contributed by atoms with Crippen LogP contribution >= 0.6 is 0 Å². The Bertz CT molecular complexity index is 288. The summed E-state index contributed by atoms with van der Waals surface area (Å²) in [7, 11) is 0. The molecule has 1 aromatic carbocycles. The van der Waals surface area contributed by atoms with Gasteiger partial charge in [0.25, 0.3) is 0 Å². The van der Waals surface area contributed by atoms with Gasteiger partial charge in [-0.1, -0.05) is 32.0 Å². The third-order valence-corrected chi connectivity index (χ3v) is 2.44. The Hall–Kier alpha value is -1.06. The van der Waals surface area contributed by atoms with Gasteiger partial charge in [0.2, 0.25) is 0 Å². The smallest absolute Gasteiger partial charge is 0.119 e. The maximum atomic E-state index is 5.60. The molecular weight excluding hydrogens is 212 g/mol. The fourth-order valence-corrected chi connectivity index (χ4v) is 1.48. The summed E-state index contributed by atoms with van der Waals surface area (Å²) in [6.07, 6.45) is 0. The molecule has 0 saturated carbocycles. The molecule has 0 spiro atoms. The fourth-order valence-electron chi connectivity index (χ4n) is 1.48. The van der Waals surface area contributed by atoms with Crippen LogP contribution in [0.5, 0.6) is 5.75 Å². The third-order valence-electron chi connectivity index (χ3n) is 2.44. The minimum Gasteiger partial charge on any atom is -0.492 e. The number of ether oxygens (including phenoxy) is 1. The first kappa shape index (κ1) is 14.0. The second-order valence-corrected chi connectivity index (χ2v) is 4.58. The predicted octanol–water partition coefficient (Wildman–Crippen LogP) is 2.04. The van der Waals surface area contributed by atoms with Crippen LogP contribution in [0.15, 0.2) is 30.3 Å². The van der Waals surface area contributed by atoms with Crippen molar-refractivity contribution in [2.75, 3.05) is 19.7 Å². The third kappa shape index (κ3) is 6.97. The zero-order chi connectivity index (χ0) is 12.5. The second-order valence-electron chi connectivity index (χ2n) is 4.58. The molecule has 0 fully saturated rings. The number of hydrogen-bond donors (Lipinski definition) is 2. The lowest BCUT2D eigenvalue weighted by Gasteiger charge is -2.16. The first-order chi connectivity index (χ1) is 8.18. The Kier molecular flexibility index (Phi) is 6.67. The Morgan fingerprint density at radius 1 is 1.06 bits per heavy atom. The highest BCUT2D eigenvalue weighted by Gasteiger charge is 2.01. The van der Waals surface area contributed by atoms with Gasteiger partial charge in [0.05, 0.1) is 0 Å². The number of nitrogens with one attached hydrogen (secondary N) is 2. The van der Waals surface area contributed by atoms with Gasteiger partial charge in [0.1, 0.15) is 12.4 Å². The zero-order valence-electron chi connectivity index (χ0n) is 11.1. The highest BCUT2D eigenvalue weighted by Crippen LogP contribution is 2.07. The average molecular weight is 236 g/mol. The minimum absolute atomic E-state index is 0.469. The molecule has 0 saturated heterocycles. The van der Waals surface area contributed by atoms with Gasteiger partial charge in [-0.25, -0.2) is 0 Å². The monoisotopic (exact) mass is 236 g/mol. The molecule has 1 unspecified atom stereocenters. The summed E-state index contributed by atoms with van der Waals surface area (Å²) >= 11 is 0. The maximum absolute atomic E-state index is 5.60. The molecule has 0 amide bonds.